The van der Waals surface area contributed by atoms with Crippen LogP contribution in [0, 0.1) is 6.08 Å². The smallest absolute Gasteiger partial charge is 1.00 e. The average molecular weight is 1090 g/mol. The Bertz CT molecular complexity index is 2970. The largest absolute Gasteiger partial charge is 4.00 e. The zero-order chi connectivity index (χ0) is 48.4. The maximum Gasteiger partial charge on any atom is 4.00 e. The van der Waals surface area contributed by atoms with E-state index in [0.717, 1.165) is 44.9 Å². The Morgan fingerprint density at radius 3 is 0.737 bits per heavy atom. The molecule has 0 aliphatic heterocycles. The van der Waals surface area contributed by atoms with Gasteiger partial charge in [-0.1, -0.05) is 277 Å². The van der Waals surface area contributed by atoms with Crippen LogP contribution in [0.3, 0.4) is 0 Å². The molecule has 0 heterocycles. The summed E-state index contributed by atoms with van der Waals surface area (Å²) in [7, 11) is -3.34. The molecule has 0 unspecified atom stereocenters. The Morgan fingerprint density at radius 1 is 0.276 bits per heavy atom. The molecule has 10 aromatic rings. The molecule has 0 nitrogen and oxygen atoms in total. The van der Waals surface area contributed by atoms with Crippen molar-refractivity contribution < 1.29 is 58.9 Å². The summed E-state index contributed by atoms with van der Waals surface area (Å²) < 4.78 is 0. The van der Waals surface area contributed by atoms with Gasteiger partial charge in [0.05, 0.1) is 0 Å². The molecule has 76 heavy (non-hydrogen) atoms. The number of halogens is 3. The van der Waals surface area contributed by atoms with Crippen LogP contribution in [0.2, 0.25) is 0 Å². The third-order valence-electron chi connectivity index (χ3n) is 14.3. The quantitative estimate of drug-likeness (QED) is 0.0646. The first-order chi connectivity index (χ1) is 35.6. The van der Waals surface area contributed by atoms with Crippen LogP contribution in [-0.4, -0.2) is 8.07 Å². The predicted molar refractivity (Wildman–Crippen MR) is 305 cm³/mol. The van der Waals surface area contributed by atoms with E-state index in [1.54, 1.807) is 0 Å². The Labute approximate surface area is 485 Å². The fraction of sp³-hybridized carbons (Fsp3) is 0.0986. The van der Waals surface area contributed by atoms with Gasteiger partial charge in [-0.25, -0.2) is 0 Å². The molecular weight excluding hydrogens is 1040 g/mol. The van der Waals surface area contributed by atoms with Gasteiger partial charge in [0.1, 0.15) is 8.07 Å². The molecule has 0 N–H and O–H groups in total. The minimum atomic E-state index is -3.34. The standard InChI is InChI=1S/C71H59Si.3ClH.Ti/c1-8-23-54(24-9-1)39-60-45-61(40-55-25-10-2-11-26-55)49-67(48-60)72(71-38-22-37-70(71)66-35-20-7-21-36-66,68-50-62(41-56-27-12-3-13-28-56)46-63(51-68)42-57-29-14-4-15-30-57)69-52-64(43-58-31-16-5-17-32-58)47-65(53-69)44-59-33-18-6-19-34-59;;;;/h1-36,45-53H,38-44H2;3*1H;/q-1;;;;+4/p-3. The Morgan fingerprint density at radius 2 is 0.500 bits per heavy atom. The summed E-state index contributed by atoms with van der Waals surface area (Å²) in [4.78, 5) is 0. The van der Waals surface area contributed by atoms with Gasteiger partial charge in [0, 0.05) is 0 Å². The van der Waals surface area contributed by atoms with Crippen molar-refractivity contribution in [2.45, 2.75) is 44.9 Å². The van der Waals surface area contributed by atoms with Crippen molar-refractivity contribution >= 4 is 29.2 Å². The van der Waals surface area contributed by atoms with Gasteiger partial charge in [0.25, 0.3) is 0 Å². The van der Waals surface area contributed by atoms with Gasteiger partial charge in [0.2, 0.25) is 0 Å². The van der Waals surface area contributed by atoms with E-state index in [9.17, 15) is 0 Å². The molecule has 1 aliphatic rings. The number of benzene rings is 10. The van der Waals surface area contributed by atoms with Crippen molar-refractivity contribution in [3.63, 3.8) is 0 Å². The second kappa shape index (κ2) is 27.5. The molecule has 1 aliphatic carbocycles. The molecule has 0 bridgehead atoms. The predicted octanol–water partition coefficient (Wildman–Crippen LogP) is 5.47. The molecule has 372 valence electrons. The molecule has 10 aromatic carbocycles. The van der Waals surface area contributed by atoms with E-state index in [0.29, 0.717) is 0 Å². The molecule has 11 rings (SSSR count). The van der Waals surface area contributed by atoms with Crippen molar-refractivity contribution in [2.75, 3.05) is 0 Å². The van der Waals surface area contributed by atoms with Gasteiger partial charge in [0.15, 0.2) is 0 Å². The molecule has 0 aromatic heterocycles. The molecule has 0 amide bonds. The fourth-order valence-electron chi connectivity index (χ4n) is 11.2. The molecule has 5 heteroatoms. The number of allylic oxidation sites excluding steroid dienone is 4. The molecular formula is C71H59Cl3SiTi. The van der Waals surface area contributed by atoms with Crippen LogP contribution in [-0.2, 0) is 60.2 Å². The second-order valence-electron chi connectivity index (χ2n) is 19.6. The maximum absolute atomic E-state index is 3.95. The van der Waals surface area contributed by atoms with Crippen LogP contribution in [0.5, 0.6) is 0 Å². The third-order valence-corrected chi connectivity index (χ3v) is 19.2. The van der Waals surface area contributed by atoms with Crippen molar-refractivity contribution in [1.82, 2.24) is 0 Å². The van der Waals surface area contributed by atoms with Crippen LogP contribution < -0.4 is 52.8 Å². The second-order valence-corrected chi connectivity index (χ2v) is 23.4. The third kappa shape index (κ3) is 13.7. The van der Waals surface area contributed by atoms with Crippen LogP contribution in [0.4, 0.5) is 0 Å². The van der Waals surface area contributed by atoms with Crippen molar-refractivity contribution in [2.24, 2.45) is 0 Å². The van der Waals surface area contributed by atoms with E-state index >= 15 is 0 Å². The summed E-state index contributed by atoms with van der Waals surface area (Å²) in [5.41, 5.74) is 18.4. The normalized spacial score (nSPS) is 11.7. The van der Waals surface area contributed by atoms with Crippen LogP contribution in [0.1, 0.15) is 78.7 Å². The summed E-state index contributed by atoms with van der Waals surface area (Å²) in [5.74, 6) is 0. The fourth-order valence-corrected chi connectivity index (χ4v) is 16.7. The van der Waals surface area contributed by atoms with Crippen molar-refractivity contribution in [3.05, 3.63) is 357 Å². The van der Waals surface area contributed by atoms with Gasteiger partial charge < -0.3 is 37.2 Å². The van der Waals surface area contributed by atoms with Gasteiger partial charge in [-0.2, -0.15) is 22.9 Å². The van der Waals surface area contributed by atoms with Crippen molar-refractivity contribution in [1.29, 1.82) is 0 Å². The monoisotopic (exact) mass is 1090 g/mol. The minimum Gasteiger partial charge on any atom is -1.00 e. The Balaban J connectivity index is 0.00000210. The van der Waals surface area contributed by atoms with Gasteiger partial charge in [-0.15, -0.1) is 17.7 Å². The molecule has 0 saturated heterocycles. The van der Waals surface area contributed by atoms with E-state index in [4.69, 9.17) is 0 Å². The summed E-state index contributed by atoms with van der Waals surface area (Å²) in [5, 5.41) is 5.76. The van der Waals surface area contributed by atoms with E-state index in [1.165, 1.54) is 98.7 Å². The van der Waals surface area contributed by atoms with Gasteiger partial charge >= 0.3 is 21.7 Å². The summed E-state index contributed by atoms with van der Waals surface area (Å²) in [6.45, 7) is 0. The first kappa shape index (κ1) is 57.2. The number of rotatable bonds is 17. The molecule has 0 spiro atoms. The topological polar surface area (TPSA) is 0 Å². The minimum absolute atomic E-state index is 0. The van der Waals surface area contributed by atoms with Gasteiger partial charge in [-0.05, 0) is 105 Å². The van der Waals surface area contributed by atoms with E-state index in [2.05, 4.69) is 279 Å². The van der Waals surface area contributed by atoms with Crippen LogP contribution >= 0.6 is 0 Å². The summed E-state index contributed by atoms with van der Waals surface area (Å²) >= 11 is 0. The number of hydrogen-bond acceptors (Lipinski definition) is 0. The first-order valence-corrected chi connectivity index (χ1v) is 27.6. The number of hydrogen-bond donors (Lipinski definition) is 0. The zero-order valence-corrected chi connectivity index (χ0v) is 47.4. The average Bonchev–Trinajstić information content (AvgIpc) is 3.91. The van der Waals surface area contributed by atoms with Gasteiger partial charge in [-0.3, -0.25) is 0 Å². The molecule has 0 saturated carbocycles. The van der Waals surface area contributed by atoms with E-state index < -0.39 is 8.07 Å². The van der Waals surface area contributed by atoms with Crippen LogP contribution in [0.25, 0.3) is 5.57 Å². The summed E-state index contributed by atoms with van der Waals surface area (Å²) in [6, 6.07) is 101. The Hall–Kier alpha value is -6.52. The maximum atomic E-state index is 3.95. The zero-order valence-electron chi connectivity index (χ0n) is 42.6. The van der Waals surface area contributed by atoms with Crippen molar-refractivity contribution in [3.8, 4) is 0 Å². The Kier molecular flexibility index (Phi) is 20.7. The molecule has 0 radical (unpaired) electrons. The SMILES string of the molecule is [C-]1=CCC([Si](c2cc(Cc3ccccc3)cc(Cc3ccccc3)c2)(c2cc(Cc3ccccc3)cc(Cc3ccccc3)c2)c2cc(Cc3ccccc3)cc(Cc3ccccc3)c2)=C1c1ccccc1.[Cl-].[Cl-].[Cl-].[Ti+4]. The van der Waals surface area contributed by atoms with E-state index in [-0.39, 0.29) is 58.9 Å². The first-order valence-electron chi connectivity index (χ1n) is 25.6. The molecule has 0 atom stereocenters. The van der Waals surface area contributed by atoms with Crippen LogP contribution in [0.15, 0.2) is 278 Å². The molecule has 0 fully saturated rings. The summed E-state index contributed by atoms with van der Waals surface area (Å²) in [6.07, 6.45) is 12.2. The van der Waals surface area contributed by atoms with E-state index in [1.807, 2.05) is 0 Å².